The monoisotopic (exact) mass is 896 g/mol. The number of amides is 1. The van der Waals surface area contributed by atoms with Crippen molar-refractivity contribution in [2.45, 2.75) is 198 Å². The summed E-state index contributed by atoms with van der Waals surface area (Å²) in [7, 11) is 5.24. The summed E-state index contributed by atoms with van der Waals surface area (Å²) >= 11 is 0. The van der Waals surface area contributed by atoms with E-state index in [1.54, 1.807) is 48.5 Å². The maximum absolute atomic E-state index is 14.5. The number of nitrogens with one attached hydrogen (secondary N) is 1. The van der Waals surface area contributed by atoms with Crippen LogP contribution in [0.1, 0.15) is 107 Å². The normalized spacial score (nSPS) is 42.8. The van der Waals surface area contributed by atoms with E-state index in [4.69, 9.17) is 28.4 Å². The molecule has 3 fully saturated rings. The van der Waals surface area contributed by atoms with Gasteiger partial charge < -0.3 is 64.2 Å². The fourth-order valence-corrected chi connectivity index (χ4v) is 10.0. The van der Waals surface area contributed by atoms with Crippen molar-refractivity contribution in [3.05, 3.63) is 35.9 Å². The van der Waals surface area contributed by atoms with E-state index in [1.165, 1.54) is 14.0 Å². The molecule has 16 nitrogen and oxygen atoms in total. The molecule has 0 spiro atoms. The smallest absolute Gasteiger partial charge is 0.311 e. The minimum atomic E-state index is -1.94. The zero-order valence-electron chi connectivity index (χ0n) is 40.1. The van der Waals surface area contributed by atoms with Crippen molar-refractivity contribution in [2.75, 3.05) is 34.3 Å². The van der Waals surface area contributed by atoms with Crippen molar-refractivity contribution in [2.24, 2.45) is 17.8 Å². The molecule has 3 heterocycles. The number of aliphatic hydroxyl groups is 5. The van der Waals surface area contributed by atoms with Gasteiger partial charge in [0.15, 0.2) is 12.6 Å². The number of cyclic esters (lactones) is 1. The van der Waals surface area contributed by atoms with E-state index < -0.39 is 96.0 Å². The summed E-state index contributed by atoms with van der Waals surface area (Å²) in [5.74, 6) is -3.12. The van der Waals surface area contributed by atoms with Gasteiger partial charge in [-0.1, -0.05) is 51.1 Å². The Bertz CT molecular complexity index is 1590. The van der Waals surface area contributed by atoms with Crippen molar-refractivity contribution in [1.82, 2.24) is 15.1 Å². The van der Waals surface area contributed by atoms with Gasteiger partial charge in [0.2, 0.25) is 5.91 Å². The van der Waals surface area contributed by atoms with Crippen LogP contribution in [0, 0.1) is 17.8 Å². The van der Waals surface area contributed by atoms with Crippen LogP contribution >= 0.6 is 0 Å². The van der Waals surface area contributed by atoms with Gasteiger partial charge >= 0.3 is 5.97 Å². The third-order valence-corrected chi connectivity index (χ3v) is 14.0. The lowest BCUT2D eigenvalue weighted by Crippen LogP contribution is -2.60. The third-order valence-electron chi connectivity index (χ3n) is 14.0. The molecule has 0 saturated carbocycles. The highest BCUT2D eigenvalue weighted by atomic mass is 16.7. The molecule has 4 rings (SSSR count). The lowest BCUT2D eigenvalue weighted by molar-refractivity contribution is -0.318. The predicted molar refractivity (Wildman–Crippen MR) is 236 cm³/mol. The Morgan fingerprint density at radius 2 is 1.60 bits per heavy atom. The first-order valence-corrected chi connectivity index (χ1v) is 22.9. The molecule has 0 bridgehead atoms. The molecule has 1 aromatic carbocycles. The van der Waals surface area contributed by atoms with Crippen LogP contribution in [-0.4, -0.2) is 172 Å². The topological polar surface area (TPSA) is 209 Å². The second-order valence-electron chi connectivity index (χ2n) is 19.7. The second-order valence-corrected chi connectivity index (χ2v) is 19.7. The SMILES string of the molecule is CC[C@H]1OC(=O)[C@H](C)[C@@H](O[C@H]2C[C@@](C)(OC)[C@@H](O)[C@H](C)O2)[C@H](C)[C@@H](O[C@@H]2O[C@H](C)C[C@H](N(C)C)[C@H]2O)[C@](C)(O)C[C@@H](C)CN(CCC(=O)NCc2ccccc2)[C@H](C)[C@@H](O)[C@]1(C)O. The zero-order valence-corrected chi connectivity index (χ0v) is 40.1. The molecule has 362 valence electrons. The molecule has 0 aliphatic carbocycles. The number of benzene rings is 1. The van der Waals surface area contributed by atoms with E-state index in [2.05, 4.69) is 5.32 Å². The van der Waals surface area contributed by atoms with E-state index in [0.29, 0.717) is 19.5 Å². The standard InChI is InChI=1S/C47H81N3O13/c1-14-35-47(10,57)40(53)31(6)50(21-20-36(51)48-25-33-18-16-15-17-19-33)26-27(2)23-45(8,56)42(63-44-38(52)34(49(11)12)22-28(3)59-44)29(4)39(30(5)43(55)61-35)62-37-24-46(9,58-13)41(54)32(7)60-37/h15-19,27-32,34-35,37-42,44,52-54,56-57H,14,20-26H2,1-13H3,(H,48,51)/t27-,28-,29+,30-,31-,32+,34+,35-,37+,38-,39+,40-,41+,42-,44+,45-,46-,47-/m1/s1. The van der Waals surface area contributed by atoms with Crippen LogP contribution in [-0.2, 0) is 44.6 Å². The summed E-state index contributed by atoms with van der Waals surface area (Å²) in [6.45, 7) is 18.2. The number of esters is 1. The highest BCUT2D eigenvalue weighted by Gasteiger charge is 2.53. The van der Waals surface area contributed by atoms with Crippen molar-refractivity contribution in [1.29, 1.82) is 0 Å². The van der Waals surface area contributed by atoms with E-state index in [1.807, 2.05) is 68.1 Å². The maximum Gasteiger partial charge on any atom is 0.311 e. The average molecular weight is 896 g/mol. The Hall–Kier alpha value is -2.32. The maximum atomic E-state index is 14.5. The number of hydrogen-bond donors (Lipinski definition) is 6. The molecule has 0 radical (unpaired) electrons. The largest absolute Gasteiger partial charge is 0.459 e. The van der Waals surface area contributed by atoms with Gasteiger partial charge in [-0.15, -0.1) is 0 Å². The molecule has 3 aliphatic heterocycles. The minimum Gasteiger partial charge on any atom is -0.459 e. The second kappa shape index (κ2) is 22.4. The van der Waals surface area contributed by atoms with Crippen LogP contribution < -0.4 is 5.32 Å². The van der Waals surface area contributed by atoms with Gasteiger partial charge in [-0.3, -0.25) is 14.5 Å². The fourth-order valence-electron chi connectivity index (χ4n) is 10.0. The Morgan fingerprint density at radius 1 is 0.952 bits per heavy atom. The number of methoxy groups -OCH3 is 1. The summed E-state index contributed by atoms with van der Waals surface area (Å²) in [5, 5.41) is 62.6. The van der Waals surface area contributed by atoms with Crippen molar-refractivity contribution >= 4 is 11.9 Å². The van der Waals surface area contributed by atoms with Gasteiger partial charge in [0.1, 0.15) is 30.0 Å². The summed E-state index contributed by atoms with van der Waals surface area (Å²) in [6.07, 6.45) is -9.04. The van der Waals surface area contributed by atoms with Crippen LogP contribution in [0.4, 0.5) is 0 Å². The third kappa shape index (κ3) is 13.2. The van der Waals surface area contributed by atoms with Crippen LogP contribution in [0.15, 0.2) is 30.3 Å². The summed E-state index contributed by atoms with van der Waals surface area (Å²) in [4.78, 5) is 31.6. The average Bonchev–Trinajstić information content (AvgIpc) is 3.22. The molecule has 0 unspecified atom stereocenters. The van der Waals surface area contributed by atoms with Crippen LogP contribution in [0.25, 0.3) is 0 Å². The molecular formula is C47H81N3O13. The first-order chi connectivity index (χ1) is 29.4. The highest BCUT2D eigenvalue weighted by molar-refractivity contribution is 5.76. The number of carbonyl (C=O) groups excluding carboxylic acids is 2. The molecule has 0 aromatic heterocycles. The van der Waals surface area contributed by atoms with Gasteiger partial charge in [-0.25, -0.2) is 0 Å². The van der Waals surface area contributed by atoms with E-state index >= 15 is 0 Å². The number of hydrogen-bond acceptors (Lipinski definition) is 15. The van der Waals surface area contributed by atoms with E-state index in [0.717, 1.165) is 5.56 Å². The highest BCUT2D eigenvalue weighted by Crippen LogP contribution is 2.40. The summed E-state index contributed by atoms with van der Waals surface area (Å²) in [6, 6.07) is 8.51. The number of likely N-dealkylation sites (N-methyl/N-ethyl adjacent to an activating group) is 1. The fraction of sp³-hybridized carbons (Fsp3) is 0.830. The Morgan fingerprint density at radius 3 is 2.21 bits per heavy atom. The van der Waals surface area contributed by atoms with Crippen molar-refractivity contribution < 1.29 is 63.5 Å². The Kier molecular flexibility index (Phi) is 19.0. The van der Waals surface area contributed by atoms with Gasteiger partial charge in [0.25, 0.3) is 0 Å². The Balaban J connectivity index is 1.78. The minimum absolute atomic E-state index is 0.0871. The molecule has 1 amide bonds. The molecule has 16 heteroatoms. The van der Waals surface area contributed by atoms with Gasteiger partial charge in [-0.05, 0) is 93.3 Å². The molecule has 3 aliphatic rings. The molecular weight excluding hydrogens is 815 g/mol. The van der Waals surface area contributed by atoms with Gasteiger partial charge in [0.05, 0.1) is 41.5 Å². The van der Waals surface area contributed by atoms with Crippen LogP contribution in [0.5, 0.6) is 0 Å². The molecule has 18 atom stereocenters. The lowest BCUT2D eigenvalue weighted by Gasteiger charge is -2.48. The summed E-state index contributed by atoms with van der Waals surface area (Å²) in [5.41, 5.74) is -3.71. The molecule has 6 N–H and O–H groups in total. The van der Waals surface area contributed by atoms with E-state index in [-0.39, 0.29) is 56.2 Å². The Labute approximate surface area is 375 Å². The number of nitrogens with zero attached hydrogens (tertiary/aromatic N) is 2. The first kappa shape index (κ1) is 53.3. The summed E-state index contributed by atoms with van der Waals surface area (Å²) < 4.78 is 37.9. The predicted octanol–water partition coefficient (Wildman–Crippen LogP) is 2.98. The van der Waals surface area contributed by atoms with Crippen LogP contribution in [0.2, 0.25) is 0 Å². The van der Waals surface area contributed by atoms with Gasteiger partial charge in [0, 0.05) is 57.6 Å². The molecule has 63 heavy (non-hydrogen) atoms. The zero-order chi connectivity index (χ0) is 47.2. The van der Waals surface area contributed by atoms with Crippen molar-refractivity contribution in [3.8, 4) is 0 Å². The van der Waals surface area contributed by atoms with Crippen molar-refractivity contribution in [3.63, 3.8) is 0 Å². The quantitative estimate of drug-likeness (QED) is 0.167. The van der Waals surface area contributed by atoms with Gasteiger partial charge in [-0.2, -0.15) is 0 Å². The lowest BCUT2D eigenvalue weighted by atomic mass is 9.77. The molecule has 1 aromatic rings. The number of carbonyl (C=O) groups is 2. The first-order valence-electron chi connectivity index (χ1n) is 22.9. The van der Waals surface area contributed by atoms with E-state index in [9.17, 15) is 35.1 Å². The molecule has 3 saturated heterocycles. The van der Waals surface area contributed by atoms with Crippen LogP contribution in [0.3, 0.4) is 0 Å². The number of rotatable bonds is 12. The number of ether oxygens (including phenoxy) is 6. The number of aliphatic hydroxyl groups excluding tert-OH is 3.